The lowest BCUT2D eigenvalue weighted by molar-refractivity contribution is -0.137. The molecule has 0 aliphatic heterocycles. The molecule has 0 saturated heterocycles. The maximum atomic E-state index is 13.0. The zero-order chi connectivity index (χ0) is 14.8. The second-order valence-corrected chi connectivity index (χ2v) is 4.10. The van der Waals surface area contributed by atoms with E-state index in [1.807, 2.05) is 0 Å². The van der Waals surface area contributed by atoms with E-state index < -0.39 is 17.6 Å². The highest BCUT2D eigenvalue weighted by Crippen LogP contribution is 2.36. The molecular weight excluding hydrogens is 274 g/mol. The standard InChI is InChI=1S/C13H11F4N3/c14-9-1-2-12(11(4-9)13(15,16)17)20-10-3-8(5-18)6-19-7-10/h1-4,6-7,20H,5,18H2. The van der Waals surface area contributed by atoms with Crippen molar-refractivity contribution in [1.82, 2.24) is 4.98 Å². The Kier molecular flexibility index (Phi) is 3.89. The summed E-state index contributed by atoms with van der Waals surface area (Å²) in [5, 5.41) is 2.58. The molecule has 7 heteroatoms. The van der Waals surface area contributed by atoms with Crippen LogP contribution in [0.2, 0.25) is 0 Å². The molecule has 0 atom stereocenters. The smallest absolute Gasteiger partial charge is 0.354 e. The van der Waals surface area contributed by atoms with E-state index in [0.29, 0.717) is 17.3 Å². The van der Waals surface area contributed by atoms with Crippen molar-refractivity contribution >= 4 is 11.4 Å². The summed E-state index contributed by atoms with van der Waals surface area (Å²) in [5.74, 6) is -0.947. The number of halogens is 4. The first kappa shape index (κ1) is 14.3. The normalized spacial score (nSPS) is 11.4. The molecule has 3 N–H and O–H groups in total. The van der Waals surface area contributed by atoms with Crippen LogP contribution in [-0.4, -0.2) is 4.98 Å². The van der Waals surface area contributed by atoms with Crippen molar-refractivity contribution in [3.63, 3.8) is 0 Å². The maximum absolute atomic E-state index is 13.0. The second kappa shape index (κ2) is 5.46. The number of nitrogens with zero attached hydrogens (tertiary/aromatic N) is 1. The highest BCUT2D eigenvalue weighted by atomic mass is 19.4. The van der Waals surface area contributed by atoms with E-state index in [1.165, 1.54) is 12.4 Å². The number of nitrogens with two attached hydrogens (primary N) is 1. The predicted octanol–water partition coefficient (Wildman–Crippen LogP) is 3.44. The molecule has 3 nitrogen and oxygen atoms in total. The predicted molar refractivity (Wildman–Crippen MR) is 66.8 cm³/mol. The van der Waals surface area contributed by atoms with Gasteiger partial charge in [0.1, 0.15) is 5.82 Å². The fourth-order valence-electron chi connectivity index (χ4n) is 1.68. The summed E-state index contributed by atoms with van der Waals surface area (Å²) >= 11 is 0. The van der Waals surface area contributed by atoms with Gasteiger partial charge in [-0.15, -0.1) is 0 Å². The lowest BCUT2D eigenvalue weighted by Gasteiger charge is -2.14. The van der Waals surface area contributed by atoms with Crippen molar-refractivity contribution in [1.29, 1.82) is 0 Å². The van der Waals surface area contributed by atoms with Gasteiger partial charge < -0.3 is 11.1 Å². The lowest BCUT2D eigenvalue weighted by atomic mass is 10.1. The molecule has 2 rings (SSSR count). The van der Waals surface area contributed by atoms with E-state index >= 15 is 0 Å². The van der Waals surface area contributed by atoms with Gasteiger partial charge in [0, 0.05) is 12.7 Å². The van der Waals surface area contributed by atoms with Crippen molar-refractivity contribution in [3.8, 4) is 0 Å². The van der Waals surface area contributed by atoms with Crippen LogP contribution in [0.5, 0.6) is 0 Å². The van der Waals surface area contributed by atoms with E-state index in [9.17, 15) is 17.6 Å². The van der Waals surface area contributed by atoms with Crippen LogP contribution in [0.4, 0.5) is 28.9 Å². The Morgan fingerprint density at radius 3 is 2.55 bits per heavy atom. The first-order chi connectivity index (χ1) is 9.40. The van der Waals surface area contributed by atoms with Crippen molar-refractivity contribution < 1.29 is 17.6 Å². The van der Waals surface area contributed by atoms with Gasteiger partial charge in [-0.05, 0) is 29.8 Å². The quantitative estimate of drug-likeness (QED) is 0.849. The van der Waals surface area contributed by atoms with E-state index in [1.54, 1.807) is 6.07 Å². The Bertz CT molecular complexity index is 611. The number of aromatic nitrogens is 1. The Balaban J connectivity index is 2.38. The molecule has 106 valence electrons. The molecule has 2 aromatic rings. The van der Waals surface area contributed by atoms with Crippen LogP contribution in [0.1, 0.15) is 11.1 Å². The molecule has 0 unspecified atom stereocenters. The Labute approximate surface area is 112 Å². The van der Waals surface area contributed by atoms with Gasteiger partial charge in [-0.25, -0.2) is 4.39 Å². The monoisotopic (exact) mass is 285 g/mol. The minimum absolute atomic E-state index is 0.220. The minimum Gasteiger partial charge on any atom is -0.354 e. The van der Waals surface area contributed by atoms with Crippen molar-refractivity contribution in [2.75, 3.05) is 5.32 Å². The molecule has 0 amide bonds. The van der Waals surface area contributed by atoms with Crippen molar-refractivity contribution in [2.24, 2.45) is 5.73 Å². The molecule has 20 heavy (non-hydrogen) atoms. The van der Waals surface area contributed by atoms with Gasteiger partial charge in [-0.2, -0.15) is 13.2 Å². The third-order valence-corrected chi connectivity index (χ3v) is 2.60. The van der Waals surface area contributed by atoms with Crippen LogP contribution in [0.25, 0.3) is 0 Å². The maximum Gasteiger partial charge on any atom is 0.418 e. The molecule has 0 fully saturated rings. The number of alkyl halides is 3. The van der Waals surface area contributed by atoms with Crippen molar-refractivity contribution in [2.45, 2.75) is 12.7 Å². The molecule has 0 spiro atoms. The SMILES string of the molecule is NCc1cncc(Nc2ccc(F)cc2C(F)(F)F)c1. The van der Waals surface area contributed by atoms with Gasteiger partial charge in [0.05, 0.1) is 23.1 Å². The number of rotatable bonds is 3. The average molecular weight is 285 g/mol. The van der Waals surface area contributed by atoms with Crippen LogP contribution in [0.3, 0.4) is 0 Å². The molecule has 0 bridgehead atoms. The first-order valence-electron chi connectivity index (χ1n) is 5.68. The fourth-order valence-corrected chi connectivity index (χ4v) is 1.68. The number of nitrogens with one attached hydrogen (secondary N) is 1. The third-order valence-electron chi connectivity index (χ3n) is 2.60. The molecule has 0 aliphatic rings. The van der Waals surface area contributed by atoms with Gasteiger partial charge in [0.25, 0.3) is 0 Å². The van der Waals surface area contributed by atoms with E-state index in [-0.39, 0.29) is 12.2 Å². The van der Waals surface area contributed by atoms with Gasteiger partial charge in [-0.1, -0.05) is 0 Å². The van der Waals surface area contributed by atoms with Gasteiger partial charge in [0.2, 0.25) is 0 Å². The highest BCUT2D eigenvalue weighted by Gasteiger charge is 2.34. The first-order valence-corrected chi connectivity index (χ1v) is 5.68. The van der Waals surface area contributed by atoms with Crippen LogP contribution in [0.15, 0.2) is 36.7 Å². The number of benzene rings is 1. The van der Waals surface area contributed by atoms with Crippen LogP contribution in [-0.2, 0) is 12.7 Å². The molecule has 1 heterocycles. The zero-order valence-electron chi connectivity index (χ0n) is 10.2. The molecule has 0 radical (unpaired) electrons. The lowest BCUT2D eigenvalue weighted by Crippen LogP contribution is -2.09. The number of anilines is 2. The summed E-state index contributed by atoms with van der Waals surface area (Å²) in [6.07, 6.45) is -1.77. The zero-order valence-corrected chi connectivity index (χ0v) is 10.2. The summed E-state index contributed by atoms with van der Waals surface area (Å²) in [4.78, 5) is 3.86. The topological polar surface area (TPSA) is 50.9 Å². The summed E-state index contributed by atoms with van der Waals surface area (Å²) in [7, 11) is 0. The fraction of sp³-hybridized carbons (Fsp3) is 0.154. The Morgan fingerprint density at radius 2 is 1.90 bits per heavy atom. The van der Waals surface area contributed by atoms with Gasteiger partial charge in [-0.3, -0.25) is 4.98 Å². The van der Waals surface area contributed by atoms with Crippen LogP contribution < -0.4 is 11.1 Å². The number of pyridine rings is 1. The van der Waals surface area contributed by atoms with Gasteiger partial charge >= 0.3 is 6.18 Å². The number of hydrogen-bond donors (Lipinski definition) is 2. The highest BCUT2D eigenvalue weighted by molar-refractivity contribution is 5.63. The Hall–Kier alpha value is -2.15. The van der Waals surface area contributed by atoms with E-state index in [4.69, 9.17) is 5.73 Å². The summed E-state index contributed by atoms with van der Waals surface area (Å²) < 4.78 is 51.5. The van der Waals surface area contributed by atoms with Crippen LogP contribution >= 0.6 is 0 Å². The summed E-state index contributed by atoms with van der Waals surface area (Å²) in [6, 6.07) is 4.02. The number of hydrogen-bond acceptors (Lipinski definition) is 3. The molecule has 1 aromatic heterocycles. The van der Waals surface area contributed by atoms with E-state index in [0.717, 1.165) is 12.1 Å². The summed E-state index contributed by atoms with van der Waals surface area (Å²) in [6.45, 7) is 0.220. The molecule has 0 aliphatic carbocycles. The molecule has 0 saturated carbocycles. The van der Waals surface area contributed by atoms with E-state index in [2.05, 4.69) is 10.3 Å². The van der Waals surface area contributed by atoms with Crippen molar-refractivity contribution in [3.05, 3.63) is 53.6 Å². The van der Waals surface area contributed by atoms with Crippen LogP contribution in [0, 0.1) is 5.82 Å². The Morgan fingerprint density at radius 1 is 1.15 bits per heavy atom. The minimum atomic E-state index is -4.65. The largest absolute Gasteiger partial charge is 0.418 e. The summed E-state index contributed by atoms with van der Waals surface area (Å²) in [5.41, 5.74) is 5.14. The second-order valence-electron chi connectivity index (χ2n) is 4.10. The molecule has 1 aromatic carbocycles. The van der Waals surface area contributed by atoms with Gasteiger partial charge in [0.15, 0.2) is 0 Å². The average Bonchev–Trinajstić information content (AvgIpc) is 2.40. The third kappa shape index (κ3) is 3.24. The molecular formula is C13H11F4N3.